The second kappa shape index (κ2) is 9.00. The number of halogens is 2. The minimum atomic E-state index is -0.645. The summed E-state index contributed by atoms with van der Waals surface area (Å²) in [4.78, 5) is 27.4. The number of nitrogens with zero attached hydrogens (tertiary/aromatic N) is 1. The highest BCUT2D eigenvalue weighted by atomic mass is 35.5. The number of esters is 1. The molecular weight excluding hydrogens is 405 g/mol. The number of benzene rings is 2. The molecule has 0 N–H and O–H groups in total. The molecule has 1 fully saturated rings. The van der Waals surface area contributed by atoms with E-state index in [0.29, 0.717) is 28.0 Å². The van der Waals surface area contributed by atoms with Crippen molar-refractivity contribution in [3.63, 3.8) is 0 Å². The van der Waals surface area contributed by atoms with Crippen LogP contribution >= 0.6 is 35.0 Å². The zero-order valence-electron chi connectivity index (χ0n) is 14.7. The highest BCUT2D eigenvalue weighted by Gasteiger charge is 2.43. The Morgan fingerprint density at radius 2 is 1.89 bits per heavy atom. The van der Waals surface area contributed by atoms with Crippen molar-refractivity contribution >= 4 is 46.8 Å². The first-order chi connectivity index (χ1) is 13.0. The van der Waals surface area contributed by atoms with Gasteiger partial charge in [0, 0.05) is 11.3 Å². The largest absolute Gasteiger partial charge is 0.464 e. The van der Waals surface area contributed by atoms with Crippen LogP contribution in [0.4, 0.5) is 0 Å². The highest BCUT2D eigenvalue weighted by molar-refractivity contribution is 7.99. The van der Waals surface area contributed by atoms with Gasteiger partial charge in [0.1, 0.15) is 11.4 Å². The van der Waals surface area contributed by atoms with Crippen LogP contribution in [-0.4, -0.2) is 35.2 Å². The quantitative estimate of drug-likeness (QED) is 0.619. The van der Waals surface area contributed by atoms with Gasteiger partial charge in [0.05, 0.1) is 16.7 Å². The summed E-state index contributed by atoms with van der Waals surface area (Å²) in [6.07, 6.45) is 0.731. The molecule has 3 rings (SSSR count). The van der Waals surface area contributed by atoms with Crippen LogP contribution in [-0.2, 0) is 9.53 Å². The number of amides is 1. The van der Waals surface area contributed by atoms with Gasteiger partial charge in [0.15, 0.2) is 0 Å². The van der Waals surface area contributed by atoms with Crippen molar-refractivity contribution in [2.24, 2.45) is 0 Å². The number of thioether (sulfide) groups is 1. The molecule has 27 heavy (non-hydrogen) atoms. The third kappa shape index (κ3) is 4.42. The maximum Gasteiger partial charge on any atom is 0.329 e. The van der Waals surface area contributed by atoms with Crippen LogP contribution in [0.2, 0.25) is 10.0 Å². The summed E-state index contributed by atoms with van der Waals surface area (Å²) < 4.78 is 5.33. The van der Waals surface area contributed by atoms with E-state index < -0.39 is 6.04 Å². The van der Waals surface area contributed by atoms with Gasteiger partial charge in [-0.3, -0.25) is 4.79 Å². The second-order valence-corrected chi connectivity index (χ2v) is 8.05. The first kappa shape index (κ1) is 20.1. The van der Waals surface area contributed by atoms with Gasteiger partial charge in [0.2, 0.25) is 0 Å². The Balaban J connectivity index is 1.95. The number of carbonyl (C=O) groups excluding carboxylic acids is 2. The van der Waals surface area contributed by atoms with Gasteiger partial charge in [0.25, 0.3) is 5.91 Å². The Kier molecular flexibility index (Phi) is 6.68. The van der Waals surface area contributed by atoms with Crippen molar-refractivity contribution in [1.82, 2.24) is 4.90 Å². The number of ether oxygens (including phenoxy) is 1. The van der Waals surface area contributed by atoms with E-state index in [1.165, 1.54) is 11.8 Å². The van der Waals surface area contributed by atoms with Gasteiger partial charge < -0.3 is 9.64 Å². The van der Waals surface area contributed by atoms with Crippen molar-refractivity contribution in [3.05, 3.63) is 69.7 Å². The van der Waals surface area contributed by atoms with Crippen molar-refractivity contribution in [2.45, 2.75) is 24.8 Å². The molecule has 0 aromatic heterocycles. The van der Waals surface area contributed by atoms with Gasteiger partial charge in [-0.05, 0) is 36.2 Å². The van der Waals surface area contributed by atoms with Gasteiger partial charge in [-0.25, -0.2) is 4.79 Å². The second-order valence-electron chi connectivity index (χ2n) is 6.12. The van der Waals surface area contributed by atoms with Gasteiger partial charge >= 0.3 is 5.97 Å². The zero-order valence-corrected chi connectivity index (χ0v) is 17.1. The molecule has 0 radical (unpaired) electrons. The van der Waals surface area contributed by atoms with E-state index in [-0.39, 0.29) is 17.3 Å². The molecule has 1 aliphatic rings. The summed E-state index contributed by atoms with van der Waals surface area (Å²) in [6.45, 7) is 2.27. The fraction of sp³-hybridized carbons (Fsp3) is 0.300. The molecule has 0 spiro atoms. The predicted molar refractivity (Wildman–Crippen MR) is 109 cm³/mol. The number of hydrogen-bond acceptors (Lipinski definition) is 4. The Labute approximate surface area is 172 Å². The molecule has 2 aromatic rings. The van der Waals surface area contributed by atoms with Gasteiger partial charge in [-0.2, -0.15) is 0 Å². The van der Waals surface area contributed by atoms with E-state index in [2.05, 4.69) is 0 Å². The van der Waals surface area contributed by atoms with Crippen LogP contribution in [0.15, 0.2) is 48.5 Å². The Morgan fingerprint density at radius 1 is 1.15 bits per heavy atom. The van der Waals surface area contributed by atoms with Gasteiger partial charge in [-0.1, -0.05) is 54.4 Å². The Morgan fingerprint density at radius 3 is 2.56 bits per heavy atom. The average molecular weight is 424 g/mol. The predicted octanol–water partition coefficient (Wildman–Crippen LogP) is 5.20. The van der Waals surface area contributed by atoms with Crippen LogP contribution in [0.5, 0.6) is 0 Å². The van der Waals surface area contributed by atoms with E-state index in [0.717, 1.165) is 12.0 Å². The van der Waals surface area contributed by atoms with Crippen molar-refractivity contribution < 1.29 is 14.3 Å². The van der Waals surface area contributed by atoms with Crippen LogP contribution in [0, 0.1) is 0 Å². The third-order valence-electron chi connectivity index (χ3n) is 4.20. The lowest BCUT2D eigenvalue weighted by Gasteiger charge is -2.29. The van der Waals surface area contributed by atoms with Crippen LogP contribution in [0.3, 0.4) is 0 Å². The maximum absolute atomic E-state index is 13.2. The van der Waals surface area contributed by atoms with Crippen molar-refractivity contribution in [2.75, 3.05) is 12.4 Å². The molecule has 0 saturated carbocycles. The van der Waals surface area contributed by atoms with Gasteiger partial charge in [-0.15, -0.1) is 11.8 Å². The lowest BCUT2D eigenvalue weighted by atomic mass is 10.1. The molecule has 1 saturated heterocycles. The normalized spacial score (nSPS) is 19.1. The highest BCUT2D eigenvalue weighted by Crippen LogP contribution is 2.43. The van der Waals surface area contributed by atoms with E-state index in [1.54, 1.807) is 41.3 Å². The zero-order chi connectivity index (χ0) is 19.4. The smallest absolute Gasteiger partial charge is 0.329 e. The minimum Gasteiger partial charge on any atom is -0.464 e. The third-order valence-corrected chi connectivity index (χ3v) is 6.27. The molecule has 142 valence electrons. The summed E-state index contributed by atoms with van der Waals surface area (Å²) in [6, 6.07) is 13.6. The lowest BCUT2D eigenvalue weighted by molar-refractivity contribution is -0.148. The standard InChI is InChI=1S/C20H19Cl2NO3S/c1-2-10-26-20(25)17-12-27-19(14-8-9-15(21)16(22)11-14)23(17)18(24)13-6-4-3-5-7-13/h3-9,11,17,19H,2,10,12H2,1H3. The van der Waals surface area contributed by atoms with E-state index in [1.807, 2.05) is 19.1 Å². The molecular formula is C20H19Cl2NO3S. The molecule has 1 aliphatic heterocycles. The maximum atomic E-state index is 13.2. The summed E-state index contributed by atoms with van der Waals surface area (Å²) in [5.74, 6) is -0.127. The Bertz CT molecular complexity index is 831. The van der Waals surface area contributed by atoms with Crippen LogP contribution in [0.1, 0.15) is 34.6 Å². The number of hydrogen-bond donors (Lipinski definition) is 0. The van der Waals surface area contributed by atoms with Crippen LogP contribution in [0.25, 0.3) is 0 Å². The fourth-order valence-electron chi connectivity index (χ4n) is 2.89. The topological polar surface area (TPSA) is 46.6 Å². The van der Waals surface area contributed by atoms with E-state index >= 15 is 0 Å². The first-order valence-electron chi connectivity index (χ1n) is 8.63. The number of rotatable bonds is 5. The molecule has 2 unspecified atom stereocenters. The summed E-state index contributed by atoms with van der Waals surface area (Å²) in [5, 5.41) is 0.522. The van der Waals surface area contributed by atoms with E-state index in [4.69, 9.17) is 27.9 Å². The fourth-order valence-corrected chi connectivity index (χ4v) is 4.60. The monoisotopic (exact) mass is 423 g/mol. The van der Waals surface area contributed by atoms with E-state index in [9.17, 15) is 9.59 Å². The Hall–Kier alpha value is -1.69. The molecule has 2 aromatic carbocycles. The average Bonchev–Trinajstić information content (AvgIpc) is 3.13. The minimum absolute atomic E-state index is 0.213. The molecule has 2 atom stereocenters. The molecule has 0 aliphatic carbocycles. The summed E-state index contributed by atoms with van der Waals surface area (Å²) in [5.41, 5.74) is 1.35. The first-order valence-corrected chi connectivity index (χ1v) is 10.4. The summed E-state index contributed by atoms with van der Waals surface area (Å²) in [7, 11) is 0. The van der Waals surface area contributed by atoms with Crippen molar-refractivity contribution in [1.29, 1.82) is 0 Å². The van der Waals surface area contributed by atoms with Crippen LogP contribution < -0.4 is 0 Å². The molecule has 4 nitrogen and oxygen atoms in total. The molecule has 1 heterocycles. The summed E-state index contributed by atoms with van der Waals surface area (Å²) >= 11 is 13.7. The van der Waals surface area contributed by atoms with Crippen molar-refractivity contribution in [3.8, 4) is 0 Å². The lowest BCUT2D eigenvalue weighted by Crippen LogP contribution is -2.44. The molecule has 0 bridgehead atoms. The molecule has 1 amide bonds. The molecule has 7 heteroatoms. The number of carbonyl (C=O) groups is 2. The SMILES string of the molecule is CCCOC(=O)C1CSC(c2ccc(Cl)c(Cl)c2)N1C(=O)c1ccccc1.